The summed E-state index contributed by atoms with van der Waals surface area (Å²) in [7, 11) is -3.83. The van der Waals surface area contributed by atoms with Crippen molar-refractivity contribution in [2.45, 2.75) is 56.4 Å². The number of aryl methyl sites for hydroxylation is 1. The van der Waals surface area contributed by atoms with Crippen molar-refractivity contribution >= 4 is 10.1 Å². The number of benzene rings is 1. The molecule has 1 spiro atoms. The predicted molar refractivity (Wildman–Crippen MR) is 95.5 cm³/mol. The third-order valence-electron chi connectivity index (χ3n) is 7.25. The molecule has 0 radical (unpaired) electrons. The summed E-state index contributed by atoms with van der Waals surface area (Å²) in [6.45, 7) is 7.84. The lowest BCUT2D eigenvalue weighted by atomic mass is 9.65. The third kappa shape index (κ3) is 2.15. The van der Waals surface area contributed by atoms with Gasteiger partial charge in [0.2, 0.25) is 0 Å². The summed E-state index contributed by atoms with van der Waals surface area (Å²) >= 11 is 0. The molecule has 1 aromatic carbocycles. The van der Waals surface area contributed by atoms with Crippen LogP contribution in [0.1, 0.15) is 44.6 Å². The molecule has 4 nitrogen and oxygen atoms in total. The lowest BCUT2D eigenvalue weighted by Gasteiger charge is -2.45. The Kier molecular flexibility index (Phi) is 3.57. The van der Waals surface area contributed by atoms with Crippen LogP contribution in [0.15, 0.2) is 41.3 Å². The van der Waals surface area contributed by atoms with Crippen LogP contribution in [0.3, 0.4) is 0 Å². The third-order valence-corrected chi connectivity index (χ3v) is 8.53. The van der Waals surface area contributed by atoms with E-state index in [-0.39, 0.29) is 16.9 Å². The molecule has 136 valence electrons. The Labute approximate surface area is 150 Å². The van der Waals surface area contributed by atoms with Crippen molar-refractivity contribution < 1.29 is 17.7 Å². The summed E-state index contributed by atoms with van der Waals surface area (Å²) in [6, 6.07) is 6.68. The fraction of sp³-hybridized carbons (Fsp3) is 0.600. The monoisotopic (exact) mass is 362 g/mol. The first-order valence-electron chi connectivity index (χ1n) is 9.01. The molecule has 1 N–H and O–H groups in total. The van der Waals surface area contributed by atoms with Crippen molar-refractivity contribution in [1.82, 2.24) is 0 Å². The summed E-state index contributed by atoms with van der Waals surface area (Å²) < 4.78 is 30.9. The molecular weight excluding hydrogens is 336 g/mol. The van der Waals surface area contributed by atoms with Crippen molar-refractivity contribution in [3.63, 3.8) is 0 Å². The second kappa shape index (κ2) is 5.18. The van der Waals surface area contributed by atoms with Gasteiger partial charge < -0.3 is 5.11 Å². The number of hydrogen-bond donors (Lipinski definition) is 1. The second-order valence-corrected chi connectivity index (χ2v) is 9.96. The van der Waals surface area contributed by atoms with E-state index in [0.717, 1.165) is 36.8 Å². The van der Waals surface area contributed by atoms with Gasteiger partial charge in [-0.25, -0.2) is 0 Å². The topological polar surface area (TPSA) is 63.6 Å². The van der Waals surface area contributed by atoms with E-state index in [1.165, 1.54) is 0 Å². The zero-order valence-electron chi connectivity index (χ0n) is 14.9. The summed E-state index contributed by atoms with van der Waals surface area (Å²) in [4.78, 5) is 0.172. The maximum absolute atomic E-state index is 12.7. The standard InChI is InChI=1S/C20H26O4S/c1-14(2)20(21)12-16-8-9-19(20,18(16)10-11-18)13-24-25(22,23)17-6-4-15(3)5-7-17/h4-7,16,21H,1,8-13H2,2-3H3/t16-,19+,20-/m1/s1. The van der Waals surface area contributed by atoms with Gasteiger partial charge in [-0.05, 0) is 75.0 Å². The van der Waals surface area contributed by atoms with E-state index in [0.29, 0.717) is 12.3 Å². The van der Waals surface area contributed by atoms with Crippen LogP contribution >= 0.6 is 0 Å². The van der Waals surface area contributed by atoms with Crippen LogP contribution in [0.25, 0.3) is 0 Å². The molecular formula is C20H26O4S. The van der Waals surface area contributed by atoms with Crippen LogP contribution < -0.4 is 0 Å². The molecule has 0 unspecified atom stereocenters. The van der Waals surface area contributed by atoms with E-state index in [2.05, 4.69) is 6.58 Å². The Balaban J connectivity index is 1.65. The molecule has 3 fully saturated rings. The number of rotatable bonds is 5. The van der Waals surface area contributed by atoms with Gasteiger partial charge in [0.1, 0.15) is 0 Å². The molecule has 0 heterocycles. The Morgan fingerprint density at radius 2 is 1.92 bits per heavy atom. The van der Waals surface area contributed by atoms with Crippen molar-refractivity contribution in [2.75, 3.05) is 6.61 Å². The first-order valence-corrected chi connectivity index (χ1v) is 10.4. The Morgan fingerprint density at radius 3 is 2.48 bits per heavy atom. The fourth-order valence-electron chi connectivity index (χ4n) is 5.70. The molecule has 2 bridgehead atoms. The molecule has 3 saturated carbocycles. The second-order valence-electron chi connectivity index (χ2n) is 8.35. The SMILES string of the molecule is C=C(C)[C@]1(O)C[C@H]2CC[C@]1(COS(=O)(=O)c1ccc(C)cc1)C21CC1. The van der Waals surface area contributed by atoms with Crippen molar-refractivity contribution in [2.24, 2.45) is 16.7 Å². The van der Waals surface area contributed by atoms with Gasteiger partial charge in [-0.15, -0.1) is 0 Å². The largest absolute Gasteiger partial charge is 0.385 e. The molecule has 0 amide bonds. The minimum atomic E-state index is -3.83. The van der Waals surface area contributed by atoms with Crippen LogP contribution in [0.4, 0.5) is 0 Å². The van der Waals surface area contributed by atoms with Gasteiger partial charge in [0, 0.05) is 5.41 Å². The highest BCUT2D eigenvalue weighted by molar-refractivity contribution is 7.86. The molecule has 25 heavy (non-hydrogen) atoms. The highest BCUT2D eigenvalue weighted by Gasteiger charge is 2.78. The molecule has 0 aromatic heterocycles. The molecule has 0 aliphatic heterocycles. The summed E-state index contributed by atoms with van der Waals surface area (Å²) in [5.74, 6) is 0.458. The van der Waals surface area contributed by atoms with Gasteiger partial charge in [0.15, 0.2) is 0 Å². The van der Waals surface area contributed by atoms with Crippen molar-refractivity contribution in [1.29, 1.82) is 0 Å². The zero-order valence-corrected chi connectivity index (χ0v) is 15.7. The van der Waals surface area contributed by atoms with E-state index >= 15 is 0 Å². The lowest BCUT2D eigenvalue weighted by molar-refractivity contribution is -0.0813. The quantitative estimate of drug-likeness (QED) is 0.642. The first kappa shape index (κ1) is 17.3. The molecule has 3 atom stereocenters. The Bertz CT molecular complexity index is 822. The maximum Gasteiger partial charge on any atom is 0.296 e. The van der Waals surface area contributed by atoms with Gasteiger partial charge in [0.25, 0.3) is 10.1 Å². The minimum Gasteiger partial charge on any atom is -0.385 e. The van der Waals surface area contributed by atoms with Crippen LogP contribution in [0, 0.1) is 23.7 Å². The van der Waals surface area contributed by atoms with E-state index in [1.54, 1.807) is 24.3 Å². The average molecular weight is 362 g/mol. The Hall–Kier alpha value is -1.17. The zero-order chi connectivity index (χ0) is 18.1. The number of aliphatic hydroxyl groups is 1. The van der Waals surface area contributed by atoms with Crippen LogP contribution in [-0.4, -0.2) is 25.7 Å². The smallest absolute Gasteiger partial charge is 0.296 e. The van der Waals surface area contributed by atoms with Crippen LogP contribution in [-0.2, 0) is 14.3 Å². The summed E-state index contributed by atoms with van der Waals surface area (Å²) in [5.41, 5.74) is 0.241. The van der Waals surface area contributed by atoms with Gasteiger partial charge in [0.05, 0.1) is 17.1 Å². The first-order chi connectivity index (χ1) is 11.7. The molecule has 5 heteroatoms. The molecule has 4 rings (SSSR count). The molecule has 3 aliphatic rings. The van der Waals surface area contributed by atoms with Gasteiger partial charge >= 0.3 is 0 Å². The maximum atomic E-state index is 12.7. The van der Waals surface area contributed by atoms with E-state index < -0.39 is 21.1 Å². The molecule has 0 saturated heterocycles. The van der Waals surface area contributed by atoms with E-state index in [9.17, 15) is 13.5 Å². The highest BCUT2D eigenvalue weighted by atomic mass is 32.2. The van der Waals surface area contributed by atoms with E-state index in [1.807, 2.05) is 13.8 Å². The average Bonchev–Trinajstić information content (AvgIpc) is 3.26. The van der Waals surface area contributed by atoms with E-state index in [4.69, 9.17) is 4.18 Å². The van der Waals surface area contributed by atoms with Crippen LogP contribution in [0.5, 0.6) is 0 Å². The Morgan fingerprint density at radius 1 is 1.28 bits per heavy atom. The number of hydrogen-bond acceptors (Lipinski definition) is 4. The van der Waals surface area contributed by atoms with Crippen molar-refractivity contribution in [3.05, 3.63) is 42.0 Å². The van der Waals surface area contributed by atoms with Crippen LogP contribution in [0.2, 0.25) is 0 Å². The molecule has 3 aliphatic carbocycles. The van der Waals surface area contributed by atoms with Gasteiger partial charge in [-0.1, -0.05) is 24.3 Å². The minimum absolute atomic E-state index is 0.0447. The summed E-state index contributed by atoms with van der Waals surface area (Å²) in [6.07, 6.45) is 4.66. The fourth-order valence-corrected chi connectivity index (χ4v) is 6.66. The van der Waals surface area contributed by atoms with Gasteiger partial charge in [-0.3, -0.25) is 4.18 Å². The lowest BCUT2D eigenvalue weighted by Crippen LogP contribution is -2.51. The molecule has 1 aromatic rings. The normalized spacial score (nSPS) is 35.2. The van der Waals surface area contributed by atoms with Crippen molar-refractivity contribution in [3.8, 4) is 0 Å². The predicted octanol–water partition coefficient (Wildman–Crippen LogP) is 3.59. The highest BCUT2D eigenvalue weighted by Crippen LogP contribution is 2.81. The van der Waals surface area contributed by atoms with Gasteiger partial charge in [-0.2, -0.15) is 8.42 Å². The summed E-state index contributed by atoms with van der Waals surface area (Å²) in [5, 5.41) is 11.4.